The van der Waals surface area contributed by atoms with Crippen LogP contribution < -0.4 is 4.74 Å². The number of nitrogens with zero attached hydrogens (tertiary/aromatic N) is 1. The summed E-state index contributed by atoms with van der Waals surface area (Å²) in [5.74, 6) is 0.0358. The van der Waals surface area contributed by atoms with Gasteiger partial charge >= 0.3 is 6.18 Å². The van der Waals surface area contributed by atoms with E-state index in [1.807, 2.05) is 6.92 Å². The number of hydrogen-bond acceptors (Lipinski definition) is 2. The second-order valence-corrected chi connectivity index (χ2v) is 4.98. The maximum absolute atomic E-state index is 13.2. The van der Waals surface area contributed by atoms with E-state index in [4.69, 9.17) is 4.74 Å². The fraction of sp³-hybridized carbons (Fsp3) is 0.571. The van der Waals surface area contributed by atoms with Crippen molar-refractivity contribution in [2.45, 2.75) is 32.0 Å². The Balaban J connectivity index is 1.97. The van der Waals surface area contributed by atoms with Crippen LogP contribution in [0.25, 0.3) is 0 Å². The zero-order valence-corrected chi connectivity index (χ0v) is 11.2. The summed E-state index contributed by atoms with van der Waals surface area (Å²) in [6, 6.07) is 4.30. The van der Waals surface area contributed by atoms with Crippen molar-refractivity contribution in [3.05, 3.63) is 29.6 Å². The maximum Gasteiger partial charge on any atom is 0.401 e. The minimum Gasteiger partial charge on any atom is -0.489 e. The summed E-state index contributed by atoms with van der Waals surface area (Å²) in [4.78, 5) is 1.32. The lowest BCUT2D eigenvalue weighted by atomic mass is 10.1. The van der Waals surface area contributed by atoms with Crippen molar-refractivity contribution in [1.29, 1.82) is 0 Å². The standard InChI is InChI=1S/C14H17F4NO/c1-2-10-3-4-11(15)7-13(10)20-12-5-6-19(8-12)9-14(16,17)18/h3-4,7,12H,2,5-6,8-9H2,1H3/t12-/m1/s1. The zero-order valence-electron chi connectivity index (χ0n) is 11.2. The molecule has 0 unspecified atom stereocenters. The third kappa shape index (κ3) is 4.10. The molecule has 1 atom stereocenters. The van der Waals surface area contributed by atoms with Crippen LogP contribution in [-0.4, -0.2) is 36.8 Å². The van der Waals surface area contributed by atoms with Gasteiger partial charge in [0.15, 0.2) is 0 Å². The molecular formula is C14H17F4NO. The van der Waals surface area contributed by atoms with Gasteiger partial charge < -0.3 is 4.74 Å². The summed E-state index contributed by atoms with van der Waals surface area (Å²) in [7, 11) is 0. The van der Waals surface area contributed by atoms with E-state index >= 15 is 0 Å². The molecule has 1 aliphatic heterocycles. The Bertz CT molecular complexity index is 461. The topological polar surface area (TPSA) is 12.5 Å². The molecule has 1 fully saturated rings. The summed E-state index contributed by atoms with van der Waals surface area (Å²) in [5, 5.41) is 0. The molecule has 2 rings (SSSR count). The largest absolute Gasteiger partial charge is 0.489 e. The molecule has 1 aromatic carbocycles. The Morgan fingerprint density at radius 1 is 1.35 bits per heavy atom. The van der Waals surface area contributed by atoms with Gasteiger partial charge in [-0.05, 0) is 24.5 Å². The average Bonchev–Trinajstić information content (AvgIpc) is 2.74. The minimum absolute atomic E-state index is 0.221. The summed E-state index contributed by atoms with van der Waals surface area (Å²) >= 11 is 0. The first-order chi connectivity index (χ1) is 9.37. The smallest absolute Gasteiger partial charge is 0.401 e. The summed E-state index contributed by atoms with van der Waals surface area (Å²) < 4.78 is 55.8. The molecular weight excluding hydrogens is 274 g/mol. The second kappa shape index (κ2) is 5.99. The van der Waals surface area contributed by atoms with Gasteiger partial charge in [0.05, 0.1) is 6.54 Å². The molecule has 0 amide bonds. The number of hydrogen-bond donors (Lipinski definition) is 0. The van der Waals surface area contributed by atoms with Crippen LogP contribution in [0.15, 0.2) is 18.2 Å². The molecule has 0 N–H and O–H groups in total. The van der Waals surface area contributed by atoms with Crippen LogP contribution in [0.1, 0.15) is 18.9 Å². The van der Waals surface area contributed by atoms with Crippen molar-refractivity contribution in [1.82, 2.24) is 4.90 Å². The molecule has 0 radical (unpaired) electrons. The SMILES string of the molecule is CCc1ccc(F)cc1O[C@@H]1CCN(CC(F)(F)F)C1. The zero-order chi connectivity index (χ0) is 14.8. The molecule has 2 nitrogen and oxygen atoms in total. The highest BCUT2D eigenvalue weighted by molar-refractivity contribution is 5.34. The molecule has 0 aromatic heterocycles. The molecule has 20 heavy (non-hydrogen) atoms. The molecule has 1 saturated heterocycles. The first-order valence-electron chi connectivity index (χ1n) is 6.61. The van der Waals surface area contributed by atoms with E-state index < -0.39 is 18.5 Å². The fourth-order valence-corrected chi connectivity index (χ4v) is 2.40. The molecule has 6 heteroatoms. The molecule has 0 bridgehead atoms. The molecule has 0 saturated carbocycles. The van der Waals surface area contributed by atoms with E-state index in [0.717, 1.165) is 5.56 Å². The van der Waals surface area contributed by atoms with Crippen LogP contribution in [0.5, 0.6) is 5.75 Å². The van der Waals surface area contributed by atoms with Gasteiger partial charge in [-0.25, -0.2) is 4.39 Å². The van der Waals surface area contributed by atoms with Crippen LogP contribution in [0.3, 0.4) is 0 Å². The highest BCUT2D eigenvalue weighted by Gasteiger charge is 2.35. The number of likely N-dealkylation sites (tertiary alicyclic amines) is 1. The quantitative estimate of drug-likeness (QED) is 0.788. The van der Waals surface area contributed by atoms with Gasteiger partial charge in [0.1, 0.15) is 17.7 Å². The van der Waals surface area contributed by atoms with Gasteiger partial charge in [0.2, 0.25) is 0 Å². The lowest BCUT2D eigenvalue weighted by molar-refractivity contribution is -0.144. The third-order valence-electron chi connectivity index (χ3n) is 3.34. The van der Waals surface area contributed by atoms with Crippen LogP contribution >= 0.6 is 0 Å². The van der Waals surface area contributed by atoms with Gasteiger partial charge in [-0.1, -0.05) is 13.0 Å². The number of aryl methyl sites for hydroxylation is 1. The maximum atomic E-state index is 13.2. The molecule has 112 valence electrons. The Hall–Kier alpha value is -1.30. The summed E-state index contributed by atoms with van der Waals surface area (Å²) in [6.45, 7) is 1.57. The first-order valence-corrected chi connectivity index (χ1v) is 6.61. The van der Waals surface area contributed by atoms with Crippen molar-refractivity contribution in [3.63, 3.8) is 0 Å². The van der Waals surface area contributed by atoms with E-state index in [1.54, 1.807) is 6.07 Å². The number of benzene rings is 1. The van der Waals surface area contributed by atoms with Crippen molar-refractivity contribution < 1.29 is 22.3 Å². The molecule has 0 aliphatic carbocycles. The highest BCUT2D eigenvalue weighted by atomic mass is 19.4. The van der Waals surface area contributed by atoms with E-state index in [2.05, 4.69) is 0 Å². The molecule has 1 heterocycles. The van der Waals surface area contributed by atoms with Crippen molar-refractivity contribution in [2.75, 3.05) is 19.6 Å². The summed E-state index contributed by atoms with van der Waals surface area (Å²) in [6.07, 6.45) is -3.29. The van der Waals surface area contributed by atoms with Gasteiger partial charge in [-0.15, -0.1) is 0 Å². The van der Waals surface area contributed by atoms with Crippen molar-refractivity contribution in [3.8, 4) is 5.75 Å². The van der Waals surface area contributed by atoms with Gasteiger partial charge in [0.25, 0.3) is 0 Å². The minimum atomic E-state index is -4.19. The van der Waals surface area contributed by atoms with Gasteiger partial charge in [0, 0.05) is 19.2 Å². The van der Waals surface area contributed by atoms with E-state index in [1.165, 1.54) is 17.0 Å². The van der Waals surface area contributed by atoms with Gasteiger partial charge in [-0.2, -0.15) is 13.2 Å². The fourth-order valence-electron chi connectivity index (χ4n) is 2.40. The predicted molar refractivity (Wildman–Crippen MR) is 67.3 cm³/mol. The van der Waals surface area contributed by atoms with E-state index in [9.17, 15) is 17.6 Å². The third-order valence-corrected chi connectivity index (χ3v) is 3.34. The van der Waals surface area contributed by atoms with Crippen LogP contribution in [0.2, 0.25) is 0 Å². The lowest BCUT2D eigenvalue weighted by Gasteiger charge is -2.19. The molecule has 1 aliphatic rings. The molecule has 0 spiro atoms. The number of alkyl halides is 3. The Kier molecular flexibility index (Phi) is 4.52. The number of rotatable bonds is 4. The monoisotopic (exact) mass is 291 g/mol. The summed E-state index contributed by atoms with van der Waals surface area (Å²) in [5.41, 5.74) is 0.862. The van der Waals surface area contributed by atoms with E-state index in [0.29, 0.717) is 25.1 Å². The lowest BCUT2D eigenvalue weighted by Crippen LogP contribution is -2.33. The van der Waals surface area contributed by atoms with E-state index in [-0.39, 0.29) is 12.6 Å². The number of halogens is 4. The molecule has 1 aromatic rings. The first kappa shape index (κ1) is 15.1. The Labute approximate surface area is 115 Å². The van der Waals surface area contributed by atoms with Crippen LogP contribution in [0.4, 0.5) is 17.6 Å². The highest BCUT2D eigenvalue weighted by Crippen LogP contribution is 2.26. The predicted octanol–water partition coefficient (Wildman–Crippen LogP) is 3.40. The second-order valence-electron chi connectivity index (χ2n) is 4.98. The van der Waals surface area contributed by atoms with Crippen LogP contribution in [-0.2, 0) is 6.42 Å². The van der Waals surface area contributed by atoms with Crippen molar-refractivity contribution in [2.24, 2.45) is 0 Å². The van der Waals surface area contributed by atoms with Gasteiger partial charge in [-0.3, -0.25) is 4.90 Å². The van der Waals surface area contributed by atoms with Crippen molar-refractivity contribution >= 4 is 0 Å². The average molecular weight is 291 g/mol. The number of ether oxygens (including phenoxy) is 1. The Morgan fingerprint density at radius 3 is 2.75 bits per heavy atom. The normalized spacial score (nSPS) is 20.4. The van der Waals surface area contributed by atoms with Crippen LogP contribution in [0, 0.1) is 5.82 Å². The Morgan fingerprint density at radius 2 is 2.10 bits per heavy atom.